The second kappa shape index (κ2) is 6.83. The number of nitrogens with zero attached hydrogens (tertiary/aromatic N) is 3. The number of aromatic nitrogens is 2. The van der Waals surface area contributed by atoms with Crippen LogP contribution < -0.4 is 0 Å². The van der Waals surface area contributed by atoms with Gasteiger partial charge in [-0.25, -0.2) is 0 Å². The fourth-order valence-corrected chi connectivity index (χ4v) is 4.80. The van der Waals surface area contributed by atoms with Gasteiger partial charge in [-0.05, 0) is 49.7 Å². The number of aliphatic carboxylic acids is 1. The van der Waals surface area contributed by atoms with Crippen LogP contribution in [-0.2, 0) is 11.3 Å². The van der Waals surface area contributed by atoms with E-state index in [1.54, 1.807) is 21.8 Å². The van der Waals surface area contributed by atoms with Crippen LogP contribution in [0.1, 0.15) is 48.2 Å². The van der Waals surface area contributed by atoms with E-state index in [1.165, 1.54) is 5.56 Å². The highest BCUT2D eigenvalue weighted by molar-refractivity contribution is 5.93. The van der Waals surface area contributed by atoms with E-state index in [9.17, 15) is 14.7 Å². The summed E-state index contributed by atoms with van der Waals surface area (Å²) < 4.78 is 1.72. The third-order valence-electron chi connectivity index (χ3n) is 6.37. The number of fused-ring (bicyclic) bond motifs is 1. The molecule has 2 heterocycles. The van der Waals surface area contributed by atoms with Crippen LogP contribution in [-0.4, -0.2) is 44.8 Å². The maximum Gasteiger partial charge on any atom is 0.311 e. The lowest BCUT2D eigenvalue weighted by Crippen LogP contribution is -2.43. The van der Waals surface area contributed by atoms with Crippen LogP contribution in [0.25, 0.3) is 0 Å². The summed E-state index contributed by atoms with van der Waals surface area (Å²) in [6.45, 7) is 3.45. The quantitative estimate of drug-likeness (QED) is 0.901. The third kappa shape index (κ3) is 3.03. The standard InChI is InChI=1S/C21H25N3O3/c1-2-24-11-9-18(22-24)19(25)23-13-17-12-16(15-6-4-3-5-7-15)8-10-21(17,14-23)20(26)27/h3-7,9,11,16-17H,2,8,10,12-14H2,1H3,(H,26,27)/t16-,17-,21-/m0/s1. The lowest BCUT2D eigenvalue weighted by Gasteiger charge is -2.38. The summed E-state index contributed by atoms with van der Waals surface area (Å²) in [7, 11) is 0. The minimum atomic E-state index is -0.825. The van der Waals surface area contributed by atoms with Crippen LogP contribution in [0.3, 0.4) is 0 Å². The number of amides is 1. The van der Waals surface area contributed by atoms with Gasteiger partial charge in [-0.3, -0.25) is 14.3 Å². The molecule has 1 saturated heterocycles. The lowest BCUT2D eigenvalue weighted by atomic mass is 9.64. The van der Waals surface area contributed by atoms with Gasteiger partial charge in [0, 0.05) is 25.8 Å². The van der Waals surface area contributed by atoms with Crippen molar-refractivity contribution < 1.29 is 14.7 Å². The summed E-state index contributed by atoms with van der Waals surface area (Å²) in [6.07, 6.45) is 4.05. The van der Waals surface area contributed by atoms with Gasteiger partial charge >= 0.3 is 5.97 Å². The number of carbonyl (C=O) groups is 2. The van der Waals surface area contributed by atoms with Crippen LogP contribution in [0, 0.1) is 11.3 Å². The van der Waals surface area contributed by atoms with E-state index >= 15 is 0 Å². The number of hydrogen-bond donors (Lipinski definition) is 1. The Kier molecular flexibility index (Phi) is 4.50. The summed E-state index contributed by atoms with van der Waals surface area (Å²) in [6, 6.07) is 12.0. The molecule has 27 heavy (non-hydrogen) atoms. The van der Waals surface area contributed by atoms with Crippen molar-refractivity contribution in [3.05, 3.63) is 53.9 Å². The van der Waals surface area contributed by atoms with Crippen LogP contribution in [0.2, 0.25) is 0 Å². The first kappa shape index (κ1) is 17.8. The van der Waals surface area contributed by atoms with Crippen molar-refractivity contribution in [3.63, 3.8) is 0 Å². The molecule has 3 atom stereocenters. The van der Waals surface area contributed by atoms with Gasteiger partial charge in [0.15, 0.2) is 0 Å². The lowest BCUT2D eigenvalue weighted by molar-refractivity contribution is -0.152. The topological polar surface area (TPSA) is 75.4 Å². The molecule has 1 aliphatic heterocycles. The van der Waals surface area contributed by atoms with Crippen LogP contribution in [0.15, 0.2) is 42.6 Å². The largest absolute Gasteiger partial charge is 0.481 e. The van der Waals surface area contributed by atoms with E-state index in [4.69, 9.17) is 0 Å². The highest BCUT2D eigenvalue weighted by Crippen LogP contribution is 2.51. The molecule has 2 aromatic rings. The van der Waals surface area contributed by atoms with Crippen LogP contribution in [0.5, 0.6) is 0 Å². The number of benzene rings is 1. The van der Waals surface area contributed by atoms with E-state index in [0.717, 1.165) is 12.8 Å². The fourth-order valence-electron chi connectivity index (χ4n) is 4.80. The van der Waals surface area contributed by atoms with Gasteiger partial charge in [-0.2, -0.15) is 5.10 Å². The Morgan fingerprint density at radius 3 is 2.70 bits per heavy atom. The molecule has 1 N–H and O–H groups in total. The average Bonchev–Trinajstić information content (AvgIpc) is 3.33. The zero-order valence-electron chi connectivity index (χ0n) is 15.5. The van der Waals surface area contributed by atoms with Crippen molar-refractivity contribution >= 4 is 11.9 Å². The first-order valence-electron chi connectivity index (χ1n) is 9.64. The summed E-state index contributed by atoms with van der Waals surface area (Å²) in [5.41, 5.74) is 0.840. The first-order valence-corrected chi connectivity index (χ1v) is 9.64. The van der Waals surface area contributed by atoms with Crippen LogP contribution >= 0.6 is 0 Å². The predicted octanol–water partition coefficient (Wildman–Crippen LogP) is 3.01. The highest BCUT2D eigenvalue weighted by atomic mass is 16.4. The van der Waals surface area contributed by atoms with Gasteiger partial charge in [0.1, 0.15) is 5.69 Å². The van der Waals surface area contributed by atoms with Crippen molar-refractivity contribution in [2.75, 3.05) is 13.1 Å². The van der Waals surface area contributed by atoms with Crippen molar-refractivity contribution in [2.24, 2.45) is 11.3 Å². The maximum atomic E-state index is 12.9. The summed E-state index contributed by atoms with van der Waals surface area (Å²) in [4.78, 5) is 26.8. The van der Waals surface area contributed by atoms with Gasteiger partial charge < -0.3 is 10.0 Å². The van der Waals surface area contributed by atoms with E-state index in [0.29, 0.717) is 31.1 Å². The molecule has 1 aromatic heterocycles. The zero-order valence-corrected chi connectivity index (χ0v) is 15.5. The number of likely N-dealkylation sites (tertiary alicyclic amines) is 1. The molecule has 2 aliphatic rings. The van der Waals surface area contributed by atoms with E-state index in [1.807, 2.05) is 25.1 Å². The molecule has 1 amide bonds. The first-order chi connectivity index (χ1) is 13.0. The molecule has 2 fully saturated rings. The smallest absolute Gasteiger partial charge is 0.311 e. The van der Waals surface area contributed by atoms with E-state index in [2.05, 4.69) is 17.2 Å². The number of carbonyl (C=O) groups excluding carboxylic acids is 1. The average molecular weight is 367 g/mol. The number of rotatable bonds is 4. The Balaban J connectivity index is 1.56. The van der Waals surface area contributed by atoms with Crippen molar-refractivity contribution in [3.8, 4) is 0 Å². The molecule has 0 bridgehead atoms. The van der Waals surface area contributed by atoms with E-state index < -0.39 is 11.4 Å². The van der Waals surface area contributed by atoms with Gasteiger partial charge in [-0.15, -0.1) is 0 Å². The number of aryl methyl sites for hydroxylation is 1. The monoisotopic (exact) mass is 367 g/mol. The second-order valence-electron chi connectivity index (χ2n) is 7.78. The molecule has 0 radical (unpaired) electrons. The summed E-state index contributed by atoms with van der Waals surface area (Å²) in [5, 5.41) is 14.3. The van der Waals surface area contributed by atoms with Gasteiger partial charge in [-0.1, -0.05) is 30.3 Å². The van der Waals surface area contributed by atoms with Crippen molar-refractivity contribution in [1.82, 2.24) is 14.7 Å². The molecule has 1 saturated carbocycles. The van der Waals surface area contributed by atoms with Crippen molar-refractivity contribution in [2.45, 2.75) is 38.6 Å². The Labute approximate surface area is 158 Å². The Hall–Kier alpha value is -2.63. The van der Waals surface area contributed by atoms with Gasteiger partial charge in [0.25, 0.3) is 5.91 Å². The Morgan fingerprint density at radius 2 is 2.04 bits per heavy atom. The third-order valence-corrected chi connectivity index (χ3v) is 6.37. The summed E-state index contributed by atoms with van der Waals surface area (Å²) >= 11 is 0. The highest BCUT2D eigenvalue weighted by Gasteiger charge is 2.56. The van der Waals surface area contributed by atoms with Crippen LogP contribution in [0.4, 0.5) is 0 Å². The number of carboxylic acids is 1. The maximum absolute atomic E-state index is 12.9. The molecular formula is C21H25N3O3. The number of carboxylic acid groups (broad SMARTS) is 1. The molecule has 1 aromatic carbocycles. The molecule has 1 aliphatic carbocycles. The van der Waals surface area contributed by atoms with Crippen molar-refractivity contribution in [1.29, 1.82) is 0 Å². The normalized spacial score (nSPS) is 27.4. The fraction of sp³-hybridized carbons (Fsp3) is 0.476. The molecule has 6 heteroatoms. The molecule has 6 nitrogen and oxygen atoms in total. The molecule has 0 spiro atoms. The minimum absolute atomic E-state index is 0.0221. The molecular weight excluding hydrogens is 342 g/mol. The Morgan fingerprint density at radius 1 is 1.26 bits per heavy atom. The minimum Gasteiger partial charge on any atom is -0.481 e. The Bertz CT molecular complexity index is 847. The SMILES string of the molecule is CCn1ccc(C(=O)N2C[C@@H]3C[C@@H](c4ccccc4)CC[C@]3(C(=O)O)C2)n1. The molecule has 142 valence electrons. The predicted molar refractivity (Wildman–Crippen MR) is 100 cm³/mol. The molecule has 4 rings (SSSR count). The number of hydrogen-bond acceptors (Lipinski definition) is 3. The van der Waals surface area contributed by atoms with Gasteiger partial charge in [0.2, 0.25) is 0 Å². The van der Waals surface area contributed by atoms with E-state index in [-0.39, 0.29) is 18.4 Å². The zero-order chi connectivity index (χ0) is 19.0. The summed E-state index contributed by atoms with van der Waals surface area (Å²) in [5.74, 6) is -0.592. The second-order valence-corrected chi connectivity index (χ2v) is 7.78. The van der Waals surface area contributed by atoms with Gasteiger partial charge in [0.05, 0.1) is 5.41 Å². The molecule has 0 unspecified atom stereocenters.